The van der Waals surface area contributed by atoms with Crippen LogP contribution in [0.2, 0.25) is 0 Å². The van der Waals surface area contributed by atoms with E-state index in [9.17, 15) is 29.1 Å². The molecule has 0 radical (unpaired) electrons. The van der Waals surface area contributed by atoms with Gasteiger partial charge in [-0.05, 0) is 24.5 Å². The molecule has 0 saturated carbocycles. The molecule has 0 spiro atoms. The van der Waals surface area contributed by atoms with E-state index in [1.807, 2.05) is 24.3 Å². The number of aliphatic carboxylic acids is 1. The molecule has 0 bridgehead atoms. The molecule has 3 unspecified atom stereocenters. The fourth-order valence-electron chi connectivity index (χ4n) is 3.81. The van der Waals surface area contributed by atoms with Crippen molar-refractivity contribution in [1.82, 2.24) is 30.9 Å². The number of amides is 4. The predicted molar refractivity (Wildman–Crippen MR) is 135 cm³/mol. The second-order valence-electron chi connectivity index (χ2n) is 8.69. The van der Waals surface area contributed by atoms with E-state index in [1.54, 1.807) is 6.20 Å². The number of nitrogens with two attached hydrogens (primary N) is 2. The van der Waals surface area contributed by atoms with Crippen LogP contribution in [0.5, 0.6) is 0 Å². The van der Waals surface area contributed by atoms with Gasteiger partial charge in [-0.1, -0.05) is 18.2 Å². The Labute approximate surface area is 216 Å². The maximum atomic E-state index is 12.9. The van der Waals surface area contributed by atoms with E-state index in [0.29, 0.717) is 5.69 Å². The Morgan fingerprint density at radius 3 is 2.45 bits per heavy atom. The third-order valence-electron chi connectivity index (χ3n) is 5.80. The number of imidazole rings is 1. The van der Waals surface area contributed by atoms with E-state index in [-0.39, 0.29) is 25.7 Å². The van der Waals surface area contributed by atoms with E-state index in [0.717, 1.165) is 16.5 Å². The number of benzene rings is 1. The number of fused-ring (bicyclic) bond motifs is 1. The molecule has 0 aliphatic rings. The fourth-order valence-corrected chi connectivity index (χ4v) is 3.81. The minimum atomic E-state index is -1.35. The lowest BCUT2D eigenvalue weighted by molar-refractivity contribution is -0.142. The average molecular weight is 527 g/mol. The number of aromatic amines is 2. The maximum Gasteiger partial charge on any atom is 0.326 e. The number of aromatic nitrogens is 3. The first-order valence-corrected chi connectivity index (χ1v) is 11.8. The summed E-state index contributed by atoms with van der Waals surface area (Å²) in [5.41, 5.74) is 13.5. The summed E-state index contributed by atoms with van der Waals surface area (Å²) in [6.45, 7) is -0.560. The molecular formula is C24H30N8O6. The van der Waals surface area contributed by atoms with E-state index in [2.05, 4.69) is 30.9 Å². The normalized spacial score (nSPS) is 13.3. The molecule has 1 aromatic carbocycles. The van der Waals surface area contributed by atoms with Gasteiger partial charge in [0.1, 0.15) is 12.1 Å². The first kappa shape index (κ1) is 27.9. The van der Waals surface area contributed by atoms with Crippen LogP contribution >= 0.6 is 0 Å². The van der Waals surface area contributed by atoms with Crippen LogP contribution in [0.3, 0.4) is 0 Å². The second kappa shape index (κ2) is 13.0. The van der Waals surface area contributed by atoms with Crippen molar-refractivity contribution >= 4 is 40.5 Å². The van der Waals surface area contributed by atoms with Crippen LogP contribution in [-0.4, -0.2) is 74.3 Å². The molecule has 3 atom stereocenters. The van der Waals surface area contributed by atoms with E-state index < -0.39 is 54.3 Å². The van der Waals surface area contributed by atoms with Crippen LogP contribution in [0, 0.1) is 0 Å². The third-order valence-corrected chi connectivity index (χ3v) is 5.80. The van der Waals surface area contributed by atoms with Gasteiger partial charge in [0, 0.05) is 41.8 Å². The van der Waals surface area contributed by atoms with E-state index in [4.69, 9.17) is 11.5 Å². The maximum absolute atomic E-state index is 12.9. The van der Waals surface area contributed by atoms with Gasteiger partial charge in [-0.2, -0.15) is 0 Å². The van der Waals surface area contributed by atoms with Crippen molar-refractivity contribution in [2.75, 3.05) is 6.54 Å². The minimum absolute atomic E-state index is 0.0371. The standard InChI is InChI=1S/C24H30N8O6/c25-16(7-13-9-28-17-4-2-1-3-15(13)17)22(35)32-19(8-14-10-27-12-30-14)23(36)29-11-21(34)31-18(24(37)38)5-6-20(26)33/h1-4,9-10,12,16,18-19,28H,5-8,11,25H2,(H2,26,33)(H,27,30)(H,29,36)(H,31,34)(H,32,35)(H,37,38). The van der Waals surface area contributed by atoms with Gasteiger partial charge in [0.25, 0.3) is 0 Å². The first-order chi connectivity index (χ1) is 18.1. The van der Waals surface area contributed by atoms with Crippen molar-refractivity contribution in [2.24, 2.45) is 11.5 Å². The molecule has 38 heavy (non-hydrogen) atoms. The topological polar surface area (TPSA) is 238 Å². The van der Waals surface area contributed by atoms with Gasteiger partial charge in [0.2, 0.25) is 23.6 Å². The molecule has 14 heteroatoms. The zero-order valence-electron chi connectivity index (χ0n) is 20.4. The van der Waals surface area contributed by atoms with Crippen LogP contribution < -0.4 is 27.4 Å². The van der Waals surface area contributed by atoms with Gasteiger partial charge in [-0.15, -0.1) is 0 Å². The highest BCUT2D eigenvalue weighted by atomic mass is 16.4. The quantitative estimate of drug-likeness (QED) is 0.122. The summed E-state index contributed by atoms with van der Waals surface area (Å²) in [6, 6.07) is 4.16. The van der Waals surface area contributed by atoms with Gasteiger partial charge in [-0.3, -0.25) is 19.2 Å². The molecule has 2 heterocycles. The summed E-state index contributed by atoms with van der Waals surface area (Å²) in [7, 11) is 0. The smallest absolute Gasteiger partial charge is 0.326 e. The molecule has 2 aromatic heterocycles. The number of para-hydroxylation sites is 1. The number of H-pyrrole nitrogens is 2. The number of primary amides is 1. The average Bonchev–Trinajstić information content (AvgIpc) is 3.54. The Balaban J connectivity index is 1.60. The third kappa shape index (κ3) is 7.89. The van der Waals surface area contributed by atoms with Crippen LogP contribution in [-0.2, 0) is 36.8 Å². The molecule has 14 nitrogen and oxygen atoms in total. The Kier molecular flexibility index (Phi) is 9.54. The highest BCUT2D eigenvalue weighted by Crippen LogP contribution is 2.18. The summed E-state index contributed by atoms with van der Waals surface area (Å²) in [6.07, 6.45) is 4.51. The van der Waals surface area contributed by atoms with E-state index >= 15 is 0 Å². The lowest BCUT2D eigenvalue weighted by Gasteiger charge is -2.20. The van der Waals surface area contributed by atoms with Gasteiger partial charge in [0.15, 0.2) is 0 Å². The number of carbonyl (C=O) groups is 5. The number of nitrogens with zero attached hydrogens (tertiary/aromatic N) is 1. The van der Waals surface area contributed by atoms with Crippen LogP contribution in [0.4, 0.5) is 0 Å². The minimum Gasteiger partial charge on any atom is -0.480 e. The number of rotatable bonds is 14. The largest absolute Gasteiger partial charge is 0.480 e. The summed E-state index contributed by atoms with van der Waals surface area (Å²) in [4.78, 5) is 70.1. The summed E-state index contributed by atoms with van der Waals surface area (Å²) >= 11 is 0. The number of carbonyl (C=O) groups excluding carboxylic acids is 4. The lowest BCUT2D eigenvalue weighted by atomic mass is 10.0. The molecular weight excluding hydrogens is 496 g/mol. The van der Waals surface area contributed by atoms with Crippen molar-refractivity contribution in [3.63, 3.8) is 0 Å². The van der Waals surface area contributed by atoms with Crippen LogP contribution in [0.1, 0.15) is 24.1 Å². The van der Waals surface area contributed by atoms with E-state index in [1.165, 1.54) is 12.5 Å². The number of carboxylic acids is 1. The summed E-state index contributed by atoms with van der Waals surface area (Å²) in [5, 5.41) is 17.4. The number of carboxylic acid groups (broad SMARTS) is 1. The second-order valence-corrected chi connectivity index (χ2v) is 8.69. The van der Waals surface area contributed by atoms with Crippen LogP contribution in [0.25, 0.3) is 10.9 Å². The predicted octanol–water partition coefficient (Wildman–Crippen LogP) is -1.56. The van der Waals surface area contributed by atoms with Crippen molar-refractivity contribution in [1.29, 1.82) is 0 Å². The first-order valence-electron chi connectivity index (χ1n) is 11.8. The van der Waals surface area contributed by atoms with Gasteiger partial charge in [-0.25, -0.2) is 9.78 Å². The number of nitrogens with one attached hydrogen (secondary N) is 5. The molecule has 0 aliphatic carbocycles. The molecule has 0 saturated heterocycles. The molecule has 3 rings (SSSR count). The van der Waals surface area contributed by atoms with Crippen molar-refractivity contribution in [3.8, 4) is 0 Å². The van der Waals surface area contributed by atoms with Gasteiger partial charge < -0.3 is 42.5 Å². The van der Waals surface area contributed by atoms with Crippen molar-refractivity contribution in [3.05, 3.63) is 54.2 Å². The Morgan fingerprint density at radius 2 is 1.76 bits per heavy atom. The monoisotopic (exact) mass is 526 g/mol. The summed E-state index contributed by atoms with van der Waals surface area (Å²) in [5.74, 6) is -4.11. The number of hydrogen-bond donors (Lipinski definition) is 8. The SMILES string of the molecule is NC(=O)CCC(NC(=O)CNC(=O)C(Cc1cnc[nH]1)NC(=O)C(N)Cc1c[nH]c2ccccc12)C(=O)O. The fraction of sp³-hybridized carbons (Fsp3) is 0.333. The molecule has 0 aliphatic heterocycles. The van der Waals surface area contributed by atoms with Gasteiger partial charge >= 0.3 is 5.97 Å². The lowest BCUT2D eigenvalue weighted by Crippen LogP contribution is -2.54. The Hall–Kier alpha value is -4.72. The number of hydrogen-bond acceptors (Lipinski definition) is 7. The Bertz CT molecular complexity index is 1290. The Morgan fingerprint density at radius 1 is 1.00 bits per heavy atom. The molecule has 3 aromatic rings. The molecule has 0 fully saturated rings. The highest BCUT2D eigenvalue weighted by molar-refractivity contribution is 5.93. The van der Waals surface area contributed by atoms with Gasteiger partial charge in [0.05, 0.1) is 18.9 Å². The highest BCUT2D eigenvalue weighted by Gasteiger charge is 2.26. The summed E-state index contributed by atoms with van der Waals surface area (Å²) < 4.78 is 0. The zero-order chi connectivity index (χ0) is 27.7. The molecule has 202 valence electrons. The molecule has 4 amide bonds. The van der Waals surface area contributed by atoms with Crippen molar-refractivity contribution in [2.45, 2.75) is 43.8 Å². The van der Waals surface area contributed by atoms with Crippen molar-refractivity contribution < 1.29 is 29.1 Å². The molecule has 10 N–H and O–H groups in total. The zero-order valence-corrected chi connectivity index (χ0v) is 20.4. The van der Waals surface area contributed by atoms with Crippen LogP contribution in [0.15, 0.2) is 43.0 Å².